The second-order valence-corrected chi connectivity index (χ2v) is 7.27. The Morgan fingerprint density at radius 2 is 2.04 bits per heavy atom. The summed E-state index contributed by atoms with van der Waals surface area (Å²) in [5.74, 6) is 0.557. The zero-order valence-corrected chi connectivity index (χ0v) is 13.9. The molecular formula is C17H28N4O2. The van der Waals surface area contributed by atoms with Gasteiger partial charge in [-0.15, -0.1) is 0 Å². The standard InChI is InChI=1S/C17H28N4O2/c18-13-17(4-2-5-17)14-19-16(22)21-6-1-3-15(12-21)11-20-7-9-23-10-8-20/h15H,1-12,14H2,(H,19,22)/t15-/m0/s1. The quantitative estimate of drug-likeness (QED) is 0.851. The highest BCUT2D eigenvalue weighted by Crippen LogP contribution is 2.39. The maximum Gasteiger partial charge on any atom is 0.317 e. The van der Waals surface area contributed by atoms with E-state index in [4.69, 9.17) is 4.74 Å². The number of carbonyl (C=O) groups is 1. The van der Waals surface area contributed by atoms with Gasteiger partial charge in [0.2, 0.25) is 0 Å². The van der Waals surface area contributed by atoms with E-state index in [-0.39, 0.29) is 11.4 Å². The molecule has 1 saturated carbocycles. The van der Waals surface area contributed by atoms with Crippen molar-refractivity contribution in [1.29, 1.82) is 5.26 Å². The first-order valence-corrected chi connectivity index (χ1v) is 8.95. The predicted molar refractivity (Wildman–Crippen MR) is 86.9 cm³/mol. The minimum absolute atomic E-state index is 0.0122. The van der Waals surface area contributed by atoms with E-state index < -0.39 is 0 Å². The summed E-state index contributed by atoms with van der Waals surface area (Å²) < 4.78 is 5.40. The third kappa shape index (κ3) is 4.15. The zero-order chi connectivity index (χ0) is 16.1. The molecule has 6 heteroatoms. The summed E-state index contributed by atoms with van der Waals surface area (Å²) in [6.07, 6.45) is 5.22. The van der Waals surface area contributed by atoms with E-state index in [2.05, 4.69) is 16.3 Å². The number of carbonyl (C=O) groups excluding carboxylic acids is 1. The van der Waals surface area contributed by atoms with E-state index in [1.54, 1.807) is 0 Å². The number of hydrogen-bond acceptors (Lipinski definition) is 4. The molecular weight excluding hydrogens is 292 g/mol. The fourth-order valence-corrected chi connectivity index (χ4v) is 3.84. The number of urea groups is 1. The van der Waals surface area contributed by atoms with Crippen LogP contribution in [-0.4, -0.2) is 68.3 Å². The van der Waals surface area contributed by atoms with Crippen LogP contribution in [0.15, 0.2) is 0 Å². The zero-order valence-electron chi connectivity index (χ0n) is 13.9. The second kappa shape index (κ2) is 7.50. The van der Waals surface area contributed by atoms with Gasteiger partial charge in [0.15, 0.2) is 0 Å². The summed E-state index contributed by atoms with van der Waals surface area (Å²) in [7, 11) is 0. The lowest BCUT2D eigenvalue weighted by Crippen LogP contribution is -2.51. The molecule has 0 aromatic rings. The highest BCUT2D eigenvalue weighted by Gasteiger charge is 2.38. The van der Waals surface area contributed by atoms with Crippen molar-refractivity contribution in [2.45, 2.75) is 32.1 Å². The van der Waals surface area contributed by atoms with E-state index in [0.29, 0.717) is 12.5 Å². The van der Waals surface area contributed by atoms with Crippen molar-refractivity contribution >= 4 is 6.03 Å². The number of hydrogen-bond donors (Lipinski definition) is 1. The van der Waals surface area contributed by atoms with Gasteiger partial charge in [-0.2, -0.15) is 5.26 Å². The van der Waals surface area contributed by atoms with Gasteiger partial charge in [0, 0.05) is 39.3 Å². The van der Waals surface area contributed by atoms with Gasteiger partial charge in [-0.3, -0.25) is 4.90 Å². The molecule has 2 saturated heterocycles. The maximum absolute atomic E-state index is 12.4. The third-order valence-electron chi connectivity index (χ3n) is 5.55. The van der Waals surface area contributed by atoms with Crippen LogP contribution in [0.1, 0.15) is 32.1 Å². The van der Waals surface area contributed by atoms with E-state index in [1.807, 2.05) is 4.90 Å². The second-order valence-electron chi connectivity index (χ2n) is 7.27. The largest absolute Gasteiger partial charge is 0.379 e. The summed E-state index contributed by atoms with van der Waals surface area (Å²) in [5.41, 5.74) is -0.293. The van der Waals surface area contributed by atoms with Crippen molar-refractivity contribution in [3.63, 3.8) is 0 Å². The van der Waals surface area contributed by atoms with Crippen molar-refractivity contribution in [2.75, 3.05) is 52.5 Å². The van der Waals surface area contributed by atoms with Crippen LogP contribution in [0.4, 0.5) is 4.79 Å². The highest BCUT2D eigenvalue weighted by atomic mass is 16.5. The molecule has 0 bridgehead atoms. The smallest absolute Gasteiger partial charge is 0.317 e. The van der Waals surface area contributed by atoms with Crippen molar-refractivity contribution < 1.29 is 9.53 Å². The molecule has 1 aliphatic carbocycles. The molecule has 2 heterocycles. The van der Waals surface area contributed by atoms with Crippen LogP contribution in [0.5, 0.6) is 0 Å². The number of ether oxygens (including phenoxy) is 1. The molecule has 3 aliphatic rings. The lowest BCUT2D eigenvalue weighted by Gasteiger charge is -2.38. The fraction of sp³-hybridized carbons (Fsp3) is 0.882. The van der Waals surface area contributed by atoms with Gasteiger partial charge in [0.1, 0.15) is 0 Å². The van der Waals surface area contributed by atoms with Crippen LogP contribution in [-0.2, 0) is 4.74 Å². The molecule has 3 fully saturated rings. The molecule has 0 spiro atoms. The van der Waals surface area contributed by atoms with Crippen LogP contribution in [0.2, 0.25) is 0 Å². The topological polar surface area (TPSA) is 68.6 Å². The molecule has 128 valence electrons. The Morgan fingerprint density at radius 3 is 2.70 bits per heavy atom. The molecule has 6 nitrogen and oxygen atoms in total. The average molecular weight is 320 g/mol. The normalized spacial score (nSPS) is 27.8. The van der Waals surface area contributed by atoms with Gasteiger partial charge < -0.3 is 15.0 Å². The number of nitrogens with one attached hydrogen (secondary N) is 1. The number of nitriles is 1. The van der Waals surface area contributed by atoms with Crippen molar-refractivity contribution in [3.05, 3.63) is 0 Å². The number of rotatable bonds is 4. The van der Waals surface area contributed by atoms with Crippen molar-refractivity contribution in [2.24, 2.45) is 11.3 Å². The Balaban J connectivity index is 1.43. The van der Waals surface area contributed by atoms with E-state index in [9.17, 15) is 10.1 Å². The van der Waals surface area contributed by atoms with Gasteiger partial charge >= 0.3 is 6.03 Å². The van der Waals surface area contributed by atoms with E-state index in [1.165, 1.54) is 6.42 Å². The Kier molecular flexibility index (Phi) is 5.39. The first kappa shape index (κ1) is 16.5. The summed E-state index contributed by atoms with van der Waals surface area (Å²) in [5, 5.41) is 12.3. The Labute approximate surface area is 138 Å². The van der Waals surface area contributed by atoms with Gasteiger partial charge in [-0.05, 0) is 31.6 Å². The highest BCUT2D eigenvalue weighted by molar-refractivity contribution is 5.74. The maximum atomic E-state index is 12.4. The summed E-state index contributed by atoms with van der Waals surface area (Å²) in [6, 6.07) is 2.40. The van der Waals surface area contributed by atoms with E-state index in [0.717, 1.165) is 71.6 Å². The number of morpholine rings is 1. The van der Waals surface area contributed by atoms with Crippen molar-refractivity contribution in [3.8, 4) is 6.07 Å². The summed E-state index contributed by atoms with van der Waals surface area (Å²) in [6.45, 7) is 6.91. The van der Waals surface area contributed by atoms with Gasteiger partial charge in [-0.1, -0.05) is 6.42 Å². The predicted octanol–water partition coefficient (Wildman–Crippen LogP) is 1.43. The molecule has 2 aliphatic heterocycles. The van der Waals surface area contributed by atoms with Crippen LogP contribution in [0, 0.1) is 22.7 Å². The Morgan fingerprint density at radius 1 is 1.26 bits per heavy atom. The summed E-state index contributed by atoms with van der Waals surface area (Å²) in [4.78, 5) is 16.8. The van der Waals surface area contributed by atoms with Crippen LogP contribution in [0.3, 0.4) is 0 Å². The van der Waals surface area contributed by atoms with E-state index >= 15 is 0 Å². The SMILES string of the molecule is N#CC1(CNC(=O)N2CCC[C@@H](CN3CCOCC3)C2)CCC1. The minimum atomic E-state index is -0.293. The Hall–Kier alpha value is -1.32. The molecule has 23 heavy (non-hydrogen) atoms. The molecule has 0 unspecified atom stereocenters. The first-order chi connectivity index (χ1) is 11.2. The molecule has 3 rings (SSSR count). The monoisotopic (exact) mass is 320 g/mol. The Bertz CT molecular complexity index is 452. The molecule has 2 amide bonds. The van der Waals surface area contributed by atoms with Crippen LogP contribution in [0.25, 0.3) is 0 Å². The minimum Gasteiger partial charge on any atom is -0.379 e. The average Bonchev–Trinajstić information content (AvgIpc) is 2.55. The molecule has 1 atom stereocenters. The lowest BCUT2D eigenvalue weighted by molar-refractivity contribution is 0.0248. The molecule has 1 N–H and O–H groups in total. The summed E-state index contributed by atoms with van der Waals surface area (Å²) >= 11 is 0. The number of amides is 2. The van der Waals surface area contributed by atoms with Crippen LogP contribution < -0.4 is 5.32 Å². The van der Waals surface area contributed by atoms with Gasteiger partial charge in [0.05, 0.1) is 24.7 Å². The third-order valence-corrected chi connectivity index (χ3v) is 5.55. The fourth-order valence-electron chi connectivity index (χ4n) is 3.84. The first-order valence-electron chi connectivity index (χ1n) is 8.95. The van der Waals surface area contributed by atoms with Crippen molar-refractivity contribution in [1.82, 2.24) is 15.1 Å². The van der Waals surface area contributed by atoms with Gasteiger partial charge in [-0.25, -0.2) is 4.79 Å². The van der Waals surface area contributed by atoms with Crippen LogP contribution >= 0.6 is 0 Å². The lowest BCUT2D eigenvalue weighted by atomic mass is 9.70. The van der Waals surface area contributed by atoms with Gasteiger partial charge in [0.25, 0.3) is 0 Å². The molecule has 0 radical (unpaired) electrons. The number of nitrogens with zero attached hydrogens (tertiary/aromatic N) is 3. The number of piperidine rings is 1. The number of likely N-dealkylation sites (tertiary alicyclic amines) is 1. The molecule has 0 aromatic carbocycles. The molecule has 0 aromatic heterocycles.